The minimum absolute atomic E-state index is 0.0120. The maximum absolute atomic E-state index is 14.4. The van der Waals surface area contributed by atoms with Gasteiger partial charge in [-0.05, 0) is 30.8 Å². The SMILES string of the molecule is CN(Cc1cc(Cl)ccc1F)C1CN(C(=O)N2CCN(S(C)(=O)=O)CC2)CC1c1ccccc1. The van der Waals surface area contributed by atoms with E-state index in [4.69, 9.17) is 11.6 Å². The fourth-order valence-electron chi connectivity index (χ4n) is 4.88. The zero-order chi connectivity index (χ0) is 24.5. The second kappa shape index (κ2) is 10.2. The predicted molar refractivity (Wildman–Crippen MR) is 131 cm³/mol. The Hall–Kier alpha value is -2.20. The van der Waals surface area contributed by atoms with E-state index in [9.17, 15) is 17.6 Å². The van der Waals surface area contributed by atoms with Crippen LogP contribution >= 0.6 is 11.6 Å². The Kier molecular flexibility index (Phi) is 7.47. The van der Waals surface area contributed by atoms with Crippen LogP contribution in [0.25, 0.3) is 0 Å². The average molecular weight is 509 g/mol. The van der Waals surface area contributed by atoms with Crippen molar-refractivity contribution < 1.29 is 17.6 Å². The number of likely N-dealkylation sites (N-methyl/N-ethyl adjacent to an activating group) is 1. The van der Waals surface area contributed by atoms with Crippen molar-refractivity contribution in [2.45, 2.75) is 18.5 Å². The molecule has 0 spiro atoms. The smallest absolute Gasteiger partial charge is 0.320 e. The summed E-state index contributed by atoms with van der Waals surface area (Å²) in [5.41, 5.74) is 1.64. The summed E-state index contributed by atoms with van der Waals surface area (Å²) in [4.78, 5) is 19.0. The van der Waals surface area contributed by atoms with E-state index in [2.05, 4.69) is 17.0 Å². The molecule has 2 saturated heterocycles. The molecule has 2 aromatic rings. The molecule has 0 N–H and O–H groups in total. The summed E-state index contributed by atoms with van der Waals surface area (Å²) in [6, 6.07) is 14.5. The number of benzene rings is 2. The number of sulfonamides is 1. The van der Waals surface area contributed by atoms with Crippen LogP contribution in [0.3, 0.4) is 0 Å². The van der Waals surface area contributed by atoms with Crippen LogP contribution in [-0.4, -0.2) is 92.1 Å². The summed E-state index contributed by atoms with van der Waals surface area (Å²) >= 11 is 6.09. The minimum Gasteiger partial charge on any atom is -0.322 e. The number of likely N-dealkylation sites (tertiary alicyclic amines) is 1. The van der Waals surface area contributed by atoms with Crippen LogP contribution in [0, 0.1) is 5.82 Å². The second-order valence-corrected chi connectivity index (χ2v) is 11.5. The van der Waals surface area contributed by atoms with Gasteiger partial charge in [0.15, 0.2) is 0 Å². The molecule has 2 heterocycles. The van der Waals surface area contributed by atoms with E-state index >= 15 is 0 Å². The Morgan fingerprint density at radius 1 is 1.06 bits per heavy atom. The summed E-state index contributed by atoms with van der Waals surface area (Å²) in [5, 5.41) is 0.487. The van der Waals surface area contributed by atoms with E-state index in [0.29, 0.717) is 56.4 Å². The molecule has 0 radical (unpaired) electrons. The molecule has 10 heteroatoms. The minimum atomic E-state index is -3.26. The lowest BCUT2D eigenvalue weighted by Crippen LogP contribution is -2.53. The van der Waals surface area contributed by atoms with Gasteiger partial charge in [-0.2, -0.15) is 4.31 Å². The van der Waals surface area contributed by atoms with Crippen LogP contribution in [0.2, 0.25) is 5.02 Å². The molecule has 34 heavy (non-hydrogen) atoms. The summed E-state index contributed by atoms with van der Waals surface area (Å²) < 4.78 is 39.4. The van der Waals surface area contributed by atoms with Gasteiger partial charge < -0.3 is 9.80 Å². The molecule has 2 aliphatic heterocycles. The van der Waals surface area contributed by atoms with Crippen LogP contribution in [0.15, 0.2) is 48.5 Å². The van der Waals surface area contributed by atoms with Gasteiger partial charge in [-0.15, -0.1) is 0 Å². The van der Waals surface area contributed by atoms with Gasteiger partial charge in [-0.25, -0.2) is 17.6 Å². The molecule has 0 bridgehead atoms. The summed E-state index contributed by atoms with van der Waals surface area (Å²) in [6.45, 7) is 2.76. The molecule has 0 saturated carbocycles. The van der Waals surface area contributed by atoms with Gasteiger partial charge in [-0.1, -0.05) is 41.9 Å². The van der Waals surface area contributed by atoms with Crippen molar-refractivity contribution in [3.05, 3.63) is 70.5 Å². The van der Waals surface area contributed by atoms with Gasteiger partial charge >= 0.3 is 6.03 Å². The number of carbonyl (C=O) groups is 1. The van der Waals surface area contributed by atoms with E-state index in [1.54, 1.807) is 11.0 Å². The van der Waals surface area contributed by atoms with Crippen molar-refractivity contribution in [2.24, 2.45) is 0 Å². The standard InChI is InChI=1S/C24H30ClFN4O3S/c1-27(15-19-14-20(25)8-9-22(19)26)23-17-29(16-21(23)18-6-4-3-5-7-18)24(31)28-10-12-30(13-11-28)34(2,32)33/h3-9,14,21,23H,10-13,15-17H2,1-2H3. The molecule has 4 rings (SSSR count). The molecular weight excluding hydrogens is 479 g/mol. The Labute approximate surface area is 205 Å². The number of rotatable bonds is 5. The van der Waals surface area contributed by atoms with E-state index in [-0.39, 0.29) is 23.8 Å². The highest BCUT2D eigenvalue weighted by Gasteiger charge is 2.40. The average Bonchev–Trinajstić information content (AvgIpc) is 3.27. The molecule has 7 nitrogen and oxygen atoms in total. The Morgan fingerprint density at radius 2 is 1.74 bits per heavy atom. The quantitative estimate of drug-likeness (QED) is 0.622. The third kappa shape index (κ3) is 5.54. The number of carbonyl (C=O) groups excluding carboxylic acids is 1. The number of piperazine rings is 1. The fourth-order valence-corrected chi connectivity index (χ4v) is 5.90. The van der Waals surface area contributed by atoms with Crippen LogP contribution in [-0.2, 0) is 16.6 Å². The van der Waals surface area contributed by atoms with Gasteiger partial charge in [0.05, 0.1) is 6.26 Å². The van der Waals surface area contributed by atoms with Crippen molar-refractivity contribution in [1.82, 2.24) is 19.0 Å². The first-order chi connectivity index (χ1) is 16.1. The molecule has 2 amide bonds. The molecule has 0 aliphatic carbocycles. The van der Waals surface area contributed by atoms with Crippen LogP contribution in [0.5, 0.6) is 0 Å². The Morgan fingerprint density at radius 3 is 2.38 bits per heavy atom. The highest BCUT2D eigenvalue weighted by Crippen LogP contribution is 2.32. The molecular formula is C24H30ClFN4O3S. The van der Waals surface area contributed by atoms with Gasteiger partial charge in [0.25, 0.3) is 0 Å². The van der Waals surface area contributed by atoms with Gasteiger partial charge in [0, 0.05) is 68.4 Å². The van der Waals surface area contributed by atoms with Gasteiger partial charge in [-0.3, -0.25) is 4.90 Å². The van der Waals surface area contributed by atoms with Crippen LogP contribution in [0.4, 0.5) is 9.18 Å². The molecule has 2 fully saturated rings. The number of nitrogens with zero attached hydrogens (tertiary/aromatic N) is 4. The first-order valence-corrected chi connectivity index (χ1v) is 13.5. The molecule has 184 valence electrons. The highest BCUT2D eigenvalue weighted by atomic mass is 35.5. The predicted octanol–water partition coefficient (Wildman–Crippen LogP) is 3.08. The maximum Gasteiger partial charge on any atom is 0.320 e. The third-order valence-electron chi connectivity index (χ3n) is 6.76. The summed E-state index contributed by atoms with van der Waals surface area (Å²) in [6.07, 6.45) is 1.19. The molecule has 2 atom stereocenters. The maximum atomic E-state index is 14.4. The first-order valence-electron chi connectivity index (χ1n) is 11.3. The van der Waals surface area contributed by atoms with E-state index < -0.39 is 10.0 Å². The lowest BCUT2D eigenvalue weighted by Gasteiger charge is -2.35. The zero-order valence-corrected chi connectivity index (χ0v) is 21.0. The monoisotopic (exact) mass is 508 g/mol. The topological polar surface area (TPSA) is 64.2 Å². The van der Waals surface area contributed by atoms with Gasteiger partial charge in [0.1, 0.15) is 5.82 Å². The lowest BCUT2D eigenvalue weighted by atomic mass is 9.93. The molecule has 0 aromatic heterocycles. The lowest BCUT2D eigenvalue weighted by molar-refractivity contribution is 0.138. The Balaban J connectivity index is 1.50. The number of hydrogen-bond donors (Lipinski definition) is 0. The van der Waals surface area contributed by atoms with E-state index in [0.717, 1.165) is 5.56 Å². The van der Waals surface area contributed by atoms with E-state index in [1.807, 2.05) is 30.1 Å². The zero-order valence-electron chi connectivity index (χ0n) is 19.4. The fraction of sp³-hybridized carbons (Fsp3) is 0.458. The van der Waals surface area contributed by atoms with Crippen LogP contribution in [0.1, 0.15) is 17.0 Å². The Bertz CT molecular complexity index is 1130. The third-order valence-corrected chi connectivity index (χ3v) is 8.30. The number of amides is 2. The van der Waals surface area contributed by atoms with E-state index in [1.165, 1.54) is 22.7 Å². The summed E-state index contributed by atoms with van der Waals surface area (Å²) in [7, 11) is -1.32. The van der Waals surface area contributed by atoms with Gasteiger partial charge in [0.2, 0.25) is 10.0 Å². The number of hydrogen-bond acceptors (Lipinski definition) is 4. The molecule has 2 aromatic carbocycles. The molecule has 2 aliphatic rings. The van der Waals surface area contributed by atoms with Crippen molar-refractivity contribution in [3.8, 4) is 0 Å². The number of urea groups is 1. The number of halogens is 2. The van der Waals surface area contributed by atoms with Crippen molar-refractivity contribution >= 4 is 27.7 Å². The largest absolute Gasteiger partial charge is 0.322 e. The second-order valence-electron chi connectivity index (χ2n) is 9.07. The summed E-state index contributed by atoms with van der Waals surface area (Å²) in [5.74, 6) is -0.239. The highest BCUT2D eigenvalue weighted by molar-refractivity contribution is 7.88. The normalized spacial score (nSPS) is 21.9. The van der Waals surface area contributed by atoms with Crippen molar-refractivity contribution in [1.29, 1.82) is 0 Å². The first kappa shape index (κ1) is 24.9. The van der Waals surface area contributed by atoms with Crippen molar-refractivity contribution in [2.75, 3.05) is 52.6 Å². The molecule has 2 unspecified atom stereocenters. The van der Waals surface area contributed by atoms with Crippen LogP contribution < -0.4 is 0 Å². The van der Waals surface area contributed by atoms with Crippen molar-refractivity contribution in [3.63, 3.8) is 0 Å².